The van der Waals surface area contributed by atoms with Crippen LogP contribution < -0.4 is 0 Å². The van der Waals surface area contributed by atoms with E-state index in [0.717, 1.165) is 28.0 Å². The van der Waals surface area contributed by atoms with Gasteiger partial charge in [0.05, 0.1) is 13.1 Å². The molecule has 0 aliphatic carbocycles. The van der Waals surface area contributed by atoms with E-state index >= 15 is 0 Å². The van der Waals surface area contributed by atoms with E-state index in [1.165, 1.54) is 0 Å². The molecular formula is C23H27N3OS. The Balaban J connectivity index is 1.87. The maximum atomic E-state index is 13.2. The van der Waals surface area contributed by atoms with Crippen molar-refractivity contribution in [3.63, 3.8) is 0 Å². The molecule has 146 valence electrons. The third kappa shape index (κ3) is 4.65. The van der Waals surface area contributed by atoms with E-state index in [4.69, 9.17) is 5.41 Å². The molecule has 0 unspecified atom stereocenters. The highest BCUT2D eigenvalue weighted by atomic mass is 32.1. The molecule has 0 saturated carbocycles. The van der Waals surface area contributed by atoms with E-state index < -0.39 is 0 Å². The zero-order valence-electron chi connectivity index (χ0n) is 16.5. The fourth-order valence-electron chi connectivity index (χ4n) is 3.43. The van der Waals surface area contributed by atoms with Crippen molar-refractivity contribution >= 4 is 30.3 Å². The molecule has 28 heavy (non-hydrogen) atoms. The zero-order valence-corrected chi connectivity index (χ0v) is 17.4. The molecule has 0 spiro atoms. The van der Waals surface area contributed by atoms with Gasteiger partial charge in [0.2, 0.25) is 0 Å². The Labute approximate surface area is 172 Å². The second-order valence-corrected chi connectivity index (χ2v) is 7.52. The van der Waals surface area contributed by atoms with E-state index in [2.05, 4.69) is 35.7 Å². The average molecular weight is 394 g/mol. The summed E-state index contributed by atoms with van der Waals surface area (Å²) < 4.78 is 0. The highest BCUT2D eigenvalue weighted by Crippen LogP contribution is 2.21. The summed E-state index contributed by atoms with van der Waals surface area (Å²) >= 11 is 4.23. The van der Waals surface area contributed by atoms with Gasteiger partial charge in [-0.3, -0.25) is 4.79 Å². The van der Waals surface area contributed by atoms with Crippen molar-refractivity contribution in [2.45, 2.75) is 13.8 Å². The largest absolute Gasteiger partial charge is 0.366 e. The second-order valence-electron chi connectivity index (χ2n) is 7.20. The van der Waals surface area contributed by atoms with Crippen LogP contribution in [0.4, 0.5) is 0 Å². The Morgan fingerprint density at radius 3 is 2.57 bits per heavy atom. The molecule has 3 rings (SSSR count). The molecule has 1 aliphatic heterocycles. The third-order valence-corrected chi connectivity index (χ3v) is 5.61. The van der Waals surface area contributed by atoms with Gasteiger partial charge in [0.25, 0.3) is 5.91 Å². The third-order valence-electron chi connectivity index (χ3n) is 5.23. The Bertz CT molecular complexity index is 892. The molecule has 0 bridgehead atoms. The monoisotopic (exact) mass is 393 g/mol. The first-order valence-corrected chi connectivity index (χ1v) is 10.2. The van der Waals surface area contributed by atoms with Gasteiger partial charge >= 0.3 is 0 Å². The van der Waals surface area contributed by atoms with E-state index in [1.807, 2.05) is 55.1 Å². The van der Waals surface area contributed by atoms with E-state index in [0.29, 0.717) is 37.6 Å². The molecule has 1 N–H and O–H groups in total. The first kappa shape index (κ1) is 20.2. The molecule has 0 atom stereocenters. The Kier molecular flexibility index (Phi) is 6.57. The fourth-order valence-corrected chi connectivity index (χ4v) is 3.53. The van der Waals surface area contributed by atoms with Crippen molar-refractivity contribution in [3.8, 4) is 0 Å². The van der Waals surface area contributed by atoms with Gasteiger partial charge in [-0.25, -0.2) is 0 Å². The molecule has 0 radical (unpaired) electrons. The summed E-state index contributed by atoms with van der Waals surface area (Å²) in [5.74, 6) is 0.518. The lowest BCUT2D eigenvalue weighted by atomic mass is 10.0. The minimum atomic E-state index is 0.0732. The maximum Gasteiger partial charge on any atom is 0.254 e. The topological polar surface area (TPSA) is 47.4 Å². The van der Waals surface area contributed by atoms with Gasteiger partial charge in [-0.05, 0) is 42.7 Å². The number of thiol groups is 1. The van der Waals surface area contributed by atoms with Crippen molar-refractivity contribution in [2.24, 2.45) is 0 Å². The van der Waals surface area contributed by atoms with E-state index in [1.54, 1.807) is 0 Å². The minimum absolute atomic E-state index is 0.0732. The van der Waals surface area contributed by atoms with Crippen molar-refractivity contribution in [1.82, 2.24) is 9.80 Å². The van der Waals surface area contributed by atoms with Crippen LogP contribution in [-0.2, 0) is 0 Å². The smallest absolute Gasteiger partial charge is 0.254 e. The molecule has 4 nitrogen and oxygen atoms in total. The minimum Gasteiger partial charge on any atom is -0.366 e. The molecule has 1 heterocycles. The molecule has 5 heteroatoms. The van der Waals surface area contributed by atoms with Crippen molar-refractivity contribution < 1.29 is 4.79 Å². The van der Waals surface area contributed by atoms with Crippen LogP contribution in [0.2, 0.25) is 0 Å². The van der Waals surface area contributed by atoms with Gasteiger partial charge in [0.1, 0.15) is 0 Å². The Morgan fingerprint density at radius 2 is 1.86 bits per heavy atom. The molecule has 1 aliphatic rings. The van der Waals surface area contributed by atoms with Crippen LogP contribution in [0.15, 0.2) is 54.2 Å². The van der Waals surface area contributed by atoms with Gasteiger partial charge in [0.15, 0.2) is 0 Å². The molecule has 1 amide bonds. The SMILES string of the molecule is Cc1cccc(C(=O)N2CCN(CC(=N)CS)/C(=C/c3ccccc3)C2)c1C. The normalized spacial score (nSPS) is 15.8. The number of piperazine rings is 1. The van der Waals surface area contributed by atoms with Crippen LogP contribution in [0.5, 0.6) is 0 Å². The van der Waals surface area contributed by atoms with Crippen molar-refractivity contribution in [2.75, 3.05) is 31.9 Å². The predicted molar refractivity (Wildman–Crippen MR) is 119 cm³/mol. The number of nitrogens with one attached hydrogen (secondary N) is 1. The summed E-state index contributed by atoms with van der Waals surface area (Å²) in [6.07, 6.45) is 2.12. The summed E-state index contributed by atoms with van der Waals surface area (Å²) in [5, 5.41) is 8.04. The molecule has 1 fully saturated rings. The van der Waals surface area contributed by atoms with Crippen LogP contribution >= 0.6 is 12.6 Å². The first-order valence-electron chi connectivity index (χ1n) is 9.53. The maximum absolute atomic E-state index is 13.2. The van der Waals surface area contributed by atoms with Gasteiger partial charge in [-0.1, -0.05) is 42.5 Å². The lowest BCUT2D eigenvalue weighted by Crippen LogP contribution is -2.48. The number of carbonyl (C=O) groups excluding carboxylic acids is 1. The molecule has 2 aromatic carbocycles. The molecule has 2 aromatic rings. The lowest BCUT2D eigenvalue weighted by molar-refractivity contribution is 0.0708. The number of amides is 1. The number of aryl methyl sites for hydroxylation is 1. The summed E-state index contributed by atoms with van der Waals surface area (Å²) in [4.78, 5) is 17.3. The molecule has 1 saturated heterocycles. The van der Waals surface area contributed by atoms with Crippen LogP contribution in [0, 0.1) is 19.3 Å². The Morgan fingerprint density at radius 1 is 1.11 bits per heavy atom. The number of nitrogens with zero attached hydrogens (tertiary/aromatic N) is 2. The summed E-state index contributed by atoms with van der Waals surface area (Å²) in [5.41, 5.74) is 5.68. The van der Waals surface area contributed by atoms with E-state index in [9.17, 15) is 4.79 Å². The quantitative estimate of drug-likeness (QED) is 0.595. The van der Waals surface area contributed by atoms with Crippen molar-refractivity contribution in [3.05, 3.63) is 76.5 Å². The van der Waals surface area contributed by atoms with Gasteiger partial charge in [-0.15, -0.1) is 0 Å². The number of rotatable bonds is 5. The lowest BCUT2D eigenvalue weighted by Gasteiger charge is -2.38. The van der Waals surface area contributed by atoms with E-state index in [-0.39, 0.29) is 5.91 Å². The van der Waals surface area contributed by atoms with Crippen molar-refractivity contribution in [1.29, 1.82) is 5.41 Å². The van der Waals surface area contributed by atoms with Crippen LogP contribution in [0.1, 0.15) is 27.0 Å². The molecular weight excluding hydrogens is 366 g/mol. The highest BCUT2D eigenvalue weighted by Gasteiger charge is 2.26. The van der Waals surface area contributed by atoms with Gasteiger partial charge in [0, 0.05) is 35.8 Å². The number of hydrogen-bond acceptors (Lipinski definition) is 4. The molecule has 0 aromatic heterocycles. The predicted octanol–water partition coefficient (Wildman–Crippen LogP) is 4.05. The second kappa shape index (κ2) is 9.11. The fraction of sp³-hybridized carbons (Fsp3) is 0.304. The summed E-state index contributed by atoms with van der Waals surface area (Å²) in [7, 11) is 0. The van der Waals surface area contributed by atoms with Gasteiger partial charge in [-0.2, -0.15) is 12.6 Å². The number of carbonyl (C=O) groups is 1. The van der Waals surface area contributed by atoms with Crippen LogP contribution in [0.3, 0.4) is 0 Å². The number of benzene rings is 2. The zero-order chi connectivity index (χ0) is 20.1. The Hall–Kier alpha value is -2.53. The summed E-state index contributed by atoms with van der Waals surface area (Å²) in [6, 6.07) is 16.0. The average Bonchev–Trinajstić information content (AvgIpc) is 2.71. The summed E-state index contributed by atoms with van der Waals surface area (Å²) in [6.45, 7) is 6.50. The number of hydrogen-bond donors (Lipinski definition) is 2. The first-order chi connectivity index (χ1) is 13.5. The van der Waals surface area contributed by atoms with Crippen LogP contribution in [0.25, 0.3) is 6.08 Å². The van der Waals surface area contributed by atoms with Gasteiger partial charge < -0.3 is 15.2 Å². The highest BCUT2D eigenvalue weighted by molar-refractivity contribution is 7.81. The standard InChI is InChI=1S/C23H27N3OS/c1-17-7-6-10-22(18(17)2)23(27)26-12-11-25(14-20(24)16-28)21(15-26)13-19-8-4-3-5-9-19/h3-10,13,24,28H,11-12,14-16H2,1-2H3/b21-13+,24-20?. The van der Waals surface area contributed by atoms with Crippen LogP contribution in [-0.4, -0.2) is 53.4 Å².